The fourth-order valence-corrected chi connectivity index (χ4v) is 4.83. The zero-order valence-electron chi connectivity index (χ0n) is 17.7. The quantitative estimate of drug-likeness (QED) is 0.404. The zero-order valence-corrected chi connectivity index (χ0v) is 19.3. The lowest BCUT2D eigenvalue weighted by atomic mass is 10.1. The van der Waals surface area contributed by atoms with Crippen molar-refractivity contribution in [3.63, 3.8) is 0 Å². The van der Waals surface area contributed by atoms with Crippen molar-refractivity contribution in [1.29, 1.82) is 0 Å². The maximum atomic E-state index is 13.6. The Labute approximate surface area is 199 Å². The van der Waals surface area contributed by atoms with Crippen LogP contribution in [0.1, 0.15) is 23.7 Å². The van der Waals surface area contributed by atoms with Crippen LogP contribution in [0.25, 0.3) is 22.0 Å². The van der Waals surface area contributed by atoms with Gasteiger partial charge in [0.25, 0.3) is 5.56 Å². The van der Waals surface area contributed by atoms with Gasteiger partial charge in [-0.1, -0.05) is 41.9 Å². The van der Waals surface area contributed by atoms with Gasteiger partial charge < -0.3 is 10.6 Å². The van der Waals surface area contributed by atoms with Crippen LogP contribution in [0.2, 0.25) is 5.02 Å². The van der Waals surface area contributed by atoms with E-state index in [2.05, 4.69) is 20.6 Å². The third-order valence-electron chi connectivity index (χ3n) is 5.43. The molecule has 0 saturated heterocycles. The first-order chi connectivity index (χ1) is 16.0. The Morgan fingerprint density at radius 1 is 1.21 bits per heavy atom. The highest BCUT2D eigenvalue weighted by atomic mass is 35.5. The van der Waals surface area contributed by atoms with Gasteiger partial charge in [0.2, 0.25) is 0 Å². The van der Waals surface area contributed by atoms with Gasteiger partial charge in [0.1, 0.15) is 10.8 Å². The van der Waals surface area contributed by atoms with Gasteiger partial charge in [0.15, 0.2) is 6.29 Å². The SMILES string of the molecule is C[C@H](NC1=C(c2nccs2)C=NC(N)N1)c1cc2cccc(Cl)c2c(=O)n1-c1ccccc1. The van der Waals surface area contributed by atoms with E-state index in [0.717, 1.165) is 27.3 Å². The average molecular weight is 477 g/mol. The maximum absolute atomic E-state index is 13.6. The number of nitrogens with zero attached hydrogens (tertiary/aromatic N) is 3. The molecule has 2 aromatic heterocycles. The number of hydrogen-bond donors (Lipinski definition) is 3. The molecule has 9 heteroatoms. The molecule has 5 rings (SSSR count). The lowest BCUT2D eigenvalue weighted by molar-refractivity contribution is 0.524. The first-order valence-electron chi connectivity index (χ1n) is 10.4. The highest BCUT2D eigenvalue weighted by molar-refractivity contribution is 7.11. The third-order valence-corrected chi connectivity index (χ3v) is 6.55. The number of para-hydroxylation sites is 1. The van der Waals surface area contributed by atoms with Crippen LogP contribution in [0.4, 0.5) is 0 Å². The van der Waals surface area contributed by atoms with E-state index in [4.69, 9.17) is 17.3 Å². The standard InChI is InChI=1S/C24H21ClN6OS/c1-14(29-21-17(13-28-24(26)30-21)22-27-10-11-33-22)19-12-15-6-5-9-18(25)20(15)23(32)31(19)16-7-3-2-4-8-16/h2-14,24,29-30H,26H2,1H3/t14-,24?/m0/s1. The Balaban J connectivity index is 1.66. The smallest absolute Gasteiger partial charge is 0.264 e. The molecule has 0 radical (unpaired) electrons. The van der Waals surface area contributed by atoms with Crippen LogP contribution in [0, 0.1) is 0 Å². The Morgan fingerprint density at radius 2 is 2.03 bits per heavy atom. The molecule has 0 amide bonds. The van der Waals surface area contributed by atoms with Crippen molar-refractivity contribution in [2.24, 2.45) is 10.7 Å². The van der Waals surface area contributed by atoms with Gasteiger partial charge in [-0.05, 0) is 36.6 Å². The van der Waals surface area contributed by atoms with Crippen molar-refractivity contribution in [1.82, 2.24) is 20.2 Å². The Morgan fingerprint density at radius 3 is 2.79 bits per heavy atom. The molecule has 33 heavy (non-hydrogen) atoms. The van der Waals surface area contributed by atoms with Gasteiger partial charge in [0, 0.05) is 29.2 Å². The number of thiazole rings is 1. The number of rotatable bonds is 5. The molecule has 1 aliphatic rings. The number of allylic oxidation sites excluding steroid dienone is 1. The number of nitrogens with one attached hydrogen (secondary N) is 2. The number of aromatic nitrogens is 2. The molecule has 0 saturated carbocycles. The predicted octanol–water partition coefficient (Wildman–Crippen LogP) is 4.04. The molecule has 0 aliphatic carbocycles. The van der Waals surface area contributed by atoms with E-state index >= 15 is 0 Å². The highest BCUT2D eigenvalue weighted by Gasteiger charge is 2.22. The van der Waals surface area contributed by atoms with Crippen molar-refractivity contribution >= 4 is 45.5 Å². The number of fused-ring (bicyclic) bond motifs is 1. The minimum atomic E-state index is -0.574. The minimum Gasteiger partial charge on any atom is -0.363 e. The Kier molecular flexibility index (Phi) is 5.72. The van der Waals surface area contributed by atoms with Gasteiger partial charge in [0.05, 0.1) is 22.0 Å². The van der Waals surface area contributed by atoms with Gasteiger partial charge in [-0.25, -0.2) is 4.98 Å². The number of pyridine rings is 1. The van der Waals surface area contributed by atoms with E-state index in [1.165, 1.54) is 11.3 Å². The van der Waals surface area contributed by atoms with Crippen LogP contribution in [-0.2, 0) is 0 Å². The normalized spacial score (nSPS) is 16.6. The second-order valence-corrected chi connectivity index (χ2v) is 8.91. The third kappa shape index (κ3) is 4.04. The number of halogens is 1. The van der Waals surface area contributed by atoms with Crippen molar-refractivity contribution < 1.29 is 0 Å². The van der Waals surface area contributed by atoms with E-state index in [1.807, 2.05) is 60.8 Å². The summed E-state index contributed by atoms with van der Waals surface area (Å²) in [6.07, 6.45) is 2.89. The van der Waals surface area contributed by atoms with E-state index in [0.29, 0.717) is 16.2 Å². The van der Waals surface area contributed by atoms with E-state index in [-0.39, 0.29) is 11.6 Å². The molecule has 166 valence electrons. The van der Waals surface area contributed by atoms with Crippen LogP contribution < -0.4 is 21.9 Å². The van der Waals surface area contributed by atoms with Gasteiger partial charge in [-0.2, -0.15) is 0 Å². The van der Waals surface area contributed by atoms with Crippen LogP contribution in [0.5, 0.6) is 0 Å². The molecule has 3 heterocycles. The molecular weight excluding hydrogens is 456 g/mol. The van der Waals surface area contributed by atoms with Crippen LogP contribution >= 0.6 is 22.9 Å². The van der Waals surface area contributed by atoms with Crippen molar-refractivity contribution in [2.75, 3.05) is 0 Å². The summed E-state index contributed by atoms with van der Waals surface area (Å²) in [5.74, 6) is 0.707. The summed E-state index contributed by atoms with van der Waals surface area (Å²) in [4.78, 5) is 22.3. The Bertz CT molecular complexity index is 1430. The molecule has 1 aliphatic heterocycles. The molecule has 2 aromatic carbocycles. The summed E-state index contributed by atoms with van der Waals surface area (Å²) in [6, 6.07) is 16.7. The number of hydrogen-bond acceptors (Lipinski definition) is 7. The van der Waals surface area contributed by atoms with Crippen molar-refractivity contribution in [2.45, 2.75) is 19.3 Å². The molecule has 4 N–H and O–H groups in total. The lowest BCUT2D eigenvalue weighted by Gasteiger charge is -2.27. The summed E-state index contributed by atoms with van der Waals surface area (Å²) in [6.45, 7) is 2.00. The van der Waals surface area contributed by atoms with Crippen molar-refractivity contribution in [3.8, 4) is 5.69 Å². The number of aliphatic imine (C=N–C) groups is 1. The highest BCUT2D eigenvalue weighted by Crippen LogP contribution is 2.27. The molecular formula is C24H21ClN6OS. The summed E-state index contributed by atoms with van der Waals surface area (Å²) >= 11 is 7.93. The fraction of sp³-hybridized carbons (Fsp3) is 0.125. The fourth-order valence-electron chi connectivity index (χ4n) is 3.91. The largest absolute Gasteiger partial charge is 0.363 e. The second kappa shape index (κ2) is 8.82. The van der Waals surface area contributed by atoms with Crippen LogP contribution in [0.15, 0.2) is 81.8 Å². The van der Waals surface area contributed by atoms with Crippen LogP contribution in [0.3, 0.4) is 0 Å². The molecule has 4 aromatic rings. The van der Waals surface area contributed by atoms with Gasteiger partial charge >= 0.3 is 0 Å². The molecule has 7 nitrogen and oxygen atoms in total. The first kappa shape index (κ1) is 21.4. The average Bonchev–Trinajstić information content (AvgIpc) is 3.34. The predicted molar refractivity (Wildman–Crippen MR) is 135 cm³/mol. The lowest BCUT2D eigenvalue weighted by Crippen LogP contribution is -2.43. The molecule has 0 fully saturated rings. The topological polar surface area (TPSA) is 97.3 Å². The molecule has 2 atom stereocenters. The molecule has 1 unspecified atom stereocenters. The molecule has 0 bridgehead atoms. The minimum absolute atomic E-state index is 0.169. The number of nitrogens with two attached hydrogens (primary N) is 1. The second-order valence-electron chi connectivity index (χ2n) is 7.61. The summed E-state index contributed by atoms with van der Waals surface area (Å²) in [5.41, 5.74) is 8.21. The summed E-state index contributed by atoms with van der Waals surface area (Å²) < 4.78 is 1.70. The Hall–Kier alpha value is -3.46. The van der Waals surface area contributed by atoms with Crippen molar-refractivity contribution in [3.05, 3.63) is 98.1 Å². The van der Waals surface area contributed by atoms with Gasteiger partial charge in [-0.3, -0.25) is 20.1 Å². The number of benzene rings is 2. The van der Waals surface area contributed by atoms with E-state index in [9.17, 15) is 4.79 Å². The van der Waals surface area contributed by atoms with E-state index < -0.39 is 6.29 Å². The molecule has 0 spiro atoms. The first-order valence-corrected chi connectivity index (χ1v) is 11.6. The zero-order chi connectivity index (χ0) is 22.9. The van der Waals surface area contributed by atoms with Crippen LogP contribution in [-0.4, -0.2) is 22.1 Å². The van der Waals surface area contributed by atoms with Gasteiger partial charge in [-0.15, -0.1) is 11.3 Å². The summed E-state index contributed by atoms with van der Waals surface area (Å²) in [5, 5.41) is 11.1. The van der Waals surface area contributed by atoms with E-state index in [1.54, 1.807) is 23.0 Å². The monoisotopic (exact) mass is 476 g/mol. The summed E-state index contributed by atoms with van der Waals surface area (Å²) in [7, 11) is 0. The maximum Gasteiger partial charge on any atom is 0.264 e.